The Morgan fingerprint density at radius 3 is 2.59 bits per heavy atom. The first kappa shape index (κ1) is 23.0. The second kappa shape index (κ2) is 10.6. The fourth-order valence-electron chi connectivity index (χ4n) is 4.92. The molecule has 32 heavy (non-hydrogen) atoms. The second-order valence-corrected chi connectivity index (χ2v) is 10.2. The van der Waals surface area contributed by atoms with Gasteiger partial charge in [0.25, 0.3) is 0 Å². The van der Waals surface area contributed by atoms with Crippen LogP contribution in [0.1, 0.15) is 84.8 Å². The summed E-state index contributed by atoms with van der Waals surface area (Å²) < 4.78 is 5.37. The van der Waals surface area contributed by atoms with E-state index in [1.807, 2.05) is 37.3 Å². The Hall–Kier alpha value is -2.18. The Morgan fingerprint density at radius 1 is 1.12 bits per heavy atom. The number of hydrogen-bond donors (Lipinski definition) is 2. The minimum atomic E-state index is -0.451. The van der Waals surface area contributed by atoms with E-state index < -0.39 is 6.04 Å². The van der Waals surface area contributed by atoms with E-state index >= 15 is 0 Å². The third-order valence-corrected chi connectivity index (χ3v) is 7.80. The SMILES string of the molecule is CCOC(=O)c1c(NC(=O)[C@@H](NC2CCCCC2)c2ccccc2)sc2c1CC[C@H](C)C2. The van der Waals surface area contributed by atoms with Crippen LogP contribution in [0, 0.1) is 5.92 Å². The van der Waals surface area contributed by atoms with Gasteiger partial charge >= 0.3 is 5.97 Å². The molecule has 0 radical (unpaired) electrons. The number of anilines is 1. The van der Waals surface area contributed by atoms with Gasteiger partial charge in [-0.1, -0.05) is 56.5 Å². The molecular weight excluding hydrogens is 420 g/mol. The molecule has 0 spiro atoms. The highest BCUT2D eigenvalue weighted by atomic mass is 32.1. The molecule has 4 rings (SSSR count). The number of rotatable bonds is 7. The number of thiophene rings is 1. The van der Waals surface area contributed by atoms with Crippen LogP contribution < -0.4 is 10.6 Å². The fraction of sp³-hybridized carbons (Fsp3) is 0.538. The van der Waals surface area contributed by atoms with Gasteiger partial charge in [0.1, 0.15) is 11.0 Å². The van der Waals surface area contributed by atoms with Crippen molar-refractivity contribution in [3.8, 4) is 0 Å². The van der Waals surface area contributed by atoms with Crippen LogP contribution in [-0.2, 0) is 22.4 Å². The number of esters is 1. The minimum Gasteiger partial charge on any atom is -0.462 e. The van der Waals surface area contributed by atoms with Gasteiger partial charge in [-0.3, -0.25) is 10.1 Å². The highest BCUT2D eigenvalue weighted by molar-refractivity contribution is 7.17. The van der Waals surface area contributed by atoms with E-state index in [-0.39, 0.29) is 11.9 Å². The van der Waals surface area contributed by atoms with Gasteiger partial charge in [-0.05, 0) is 56.1 Å². The van der Waals surface area contributed by atoms with E-state index in [4.69, 9.17) is 4.74 Å². The number of fused-ring (bicyclic) bond motifs is 1. The zero-order valence-corrected chi connectivity index (χ0v) is 19.9. The van der Waals surface area contributed by atoms with Gasteiger partial charge in [-0.15, -0.1) is 11.3 Å². The summed E-state index contributed by atoms with van der Waals surface area (Å²) in [5.74, 6) is 0.148. The Bertz CT molecular complexity index is 934. The van der Waals surface area contributed by atoms with Gasteiger partial charge in [0.2, 0.25) is 5.91 Å². The quantitative estimate of drug-likeness (QED) is 0.531. The summed E-state index contributed by atoms with van der Waals surface area (Å²) in [6.07, 6.45) is 8.71. The van der Waals surface area contributed by atoms with E-state index in [2.05, 4.69) is 17.6 Å². The molecule has 0 aliphatic heterocycles. The van der Waals surface area contributed by atoms with Gasteiger partial charge in [-0.25, -0.2) is 4.79 Å². The number of nitrogens with one attached hydrogen (secondary N) is 2. The molecule has 6 heteroatoms. The number of amides is 1. The van der Waals surface area contributed by atoms with Crippen LogP contribution in [-0.4, -0.2) is 24.5 Å². The molecule has 1 saturated carbocycles. The highest BCUT2D eigenvalue weighted by Gasteiger charge is 2.31. The number of carbonyl (C=O) groups excluding carboxylic acids is 2. The monoisotopic (exact) mass is 454 g/mol. The van der Waals surface area contributed by atoms with Crippen molar-refractivity contribution < 1.29 is 14.3 Å². The molecule has 1 heterocycles. The van der Waals surface area contributed by atoms with Crippen molar-refractivity contribution in [1.29, 1.82) is 0 Å². The zero-order valence-electron chi connectivity index (χ0n) is 19.1. The summed E-state index contributed by atoms with van der Waals surface area (Å²) in [7, 11) is 0. The average Bonchev–Trinajstić information content (AvgIpc) is 3.15. The van der Waals surface area contributed by atoms with E-state index in [9.17, 15) is 9.59 Å². The van der Waals surface area contributed by atoms with E-state index in [0.717, 1.165) is 43.2 Å². The Morgan fingerprint density at radius 2 is 1.88 bits per heavy atom. The lowest BCUT2D eigenvalue weighted by molar-refractivity contribution is -0.118. The molecule has 2 aliphatic carbocycles. The van der Waals surface area contributed by atoms with Crippen molar-refractivity contribution in [3.63, 3.8) is 0 Å². The van der Waals surface area contributed by atoms with E-state index in [1.54, 1.807) is 11.3 Å². The van der Waals surface area contributed by atoms with Crippen molar-refractivity contribution in [2.24, 2.45) is 5.92 Å². The maximum atomic E-state index is 13.6. The second-order valence-electron chi connectivity index (χ2n) is 9.11. The number of carbonyl (C=O) groups is 2. The van der Waals surface area contributed by atoms with Crippen LogP contribution in [0.2, 0.25) is 0 Å². The summed E-state index contributed by atoms with van der Waals surface area (Å²) in [4.78, 5) is 27.6. The van der Waals surface area contributed by atoms with Crippen LogP contribution >= 0.6 is 11.3 Å². The molecule has 0 bridgehead atoms. The molecule has 2 aromatic rings. The lowest BCUT2D eigenvalue weighted by Gasteiger charge is -2.28. The maximum Gasteiger partial charge on any atom is 0.341 e. The summed E-state index contributed by atoms with van der Waals surface area (Å²) >= 11 is 1.55. The third-order valence-electron chi connectivity index (χ3n) is 6.63. The minimum absolute atomic E-state index is 0.112. The van der Waals surface area contributed by atoms with Crippen molar-refractivity contribution in [1.82, 2.24) is 5.32 Å². The molecule has 1 fully saturated rings. The first-order valence-corrected chi connectivity index (χ1v) is 12.8. The molecule has 2 atom stereocenters. The molecule has 172 valence electrons. The lowest BCUT2D eigenvalue weighted by Crippen LogP contribution is -2.40. The van der Waals surface area contributed by atoms with Crippen LogP contribution in [0.25, 0.3) is 0 Å². The zero-order chi connectivity index (χ0) is 22.5. The number of ether oxygens (including phenoxy) is 1. The lowest BCUT2D eigenvalue weighted by atomic mass is 9.88. The van der Waals surface area contributed by atoms with E-state index in [1.165, 1.54) is 24.1 Å². The molecule has 0 unspecified atom stereocenters. The van der Waals surface area contributed by atoms with Crippen molar-refractivity contribution in [2.45, 2.75) is 77.3 Å². The molecule has 2 aliphatic rings. The van der Waals surface area contributed by atoms with Crippen LogP contribution in [0.3, 0.4) is 0 Å². The summed E-state index contributed by atoms with van der Waals surface area (Å²) in [6, 6.07) is 9.77. The largest absolute Gasteiger partial charge is 0.462 e. The van der Waals surface area contributed by atoms with Gasteiger partial charge in [0, 0.05) is 10.9 Å². The number of hydrogen-bond acceptors (Lipinski definition) is 5. The van der Waals surface area contributed by atoms with Crippen molar-refractivity contribution in [2.75, 3.05) is 11.9 Å². The predicted octanol–water partition coefficient (Wildman–Crippen LogP) is 5.65. The molecule has 2 N–H and O–H groups in total. The predicted molar refractivity (Wildman–Crippen MR) is 129 cm³/mol. The first-order valence-electron chi connectivity index (χ1n) is 12.0. The van der Waals surface area contributed by atoms with Gasteiger partial charge in [0.15, 0.2) is 0 Å². The molecule has 0 saturated heterocycles. The summed E-state index contributed by atoms with van der Waals surface area (Å²) in [5, 5.41) is 7.38. The topological polar surface area (TPSA) is 67.4 Å². The van der Waals surface area contributed by atoms with Crippen LogP contribution in [0.5, 0.6) is 0 Å². The van der Waals surface area contributed by atoms with Crippen LogP contribution in [0.4, 0.5) is 5.00 Å². The Labute approximate surface area is 194 Å². The van der Waals surface area contributed by atoms with Gasteiger partial charge < -0.3 is 10.1 Å². The molecule has 1 aromatic carbocycles. The normalized spacial score (nSPS) is 19.8. The number of benzene rings is 1. The summed E-state index contributed by atoms with van der Waals surface area (Å²) in [6.45, 7) is 4.38. The third kappa shape index (κ3) is 5.24. The highest BCUT2D eigenvalue weighted by Crippen LogP contribution is 2.40. The Balaban J connectivity index is 1.61. The molecule has 1 amide bonds. The van der Waals surface area contributed by atoms with Crippen molar-refractivity contribution in [3.05, 3.63) is 51.9 Å². The standard InChI is InChI=1S/C26H34N2O3S/c1-3-31-26(30)22-20-15-14-17(2)16-21(20)32-25(22)28-24(29)23(18-10-6-4-7-11-18)27-19-12-8-5-9-13-19/h4,6-7,10-11,17,19,23,27H,3,5,8-9,12-16H2,1-2H3,(H,28,29)/t17-,23-/m0/s1. The molecule has 1 aromatic heterocycles. The fourth-order valence-corrected chi connectivity index (χ4v) is 6.32. The molecular formula is C26H34N2O3S. The van der Waals surface area contributed by atoms with Gasteiger partial charge in [0.05, 0.1) is 12.2 Å². The van der Waals surface area contributed by atoms with Crippen molar-refractivity contribution >= 4 is 28.2 Å². The van der Waals surface area contributed by atoms with Crippen LogP contribution in [0.15, 0.2) is 30.3 Å². The molecule has 5 nitrogen and oxygen atoms in total. The Kier molecular flexibility index (Phi) is 7.63. The summed E-state index contributed by atoms with van der Waals surface area (Å²) in [5.41, 5.74) is 2.58. The average molecular weight is 455 g/mol. The smallest absolute Gasteiger partial charge is 0.341 e. The van der Waals surface area contributed by atoms with E-state index in [0.29, 0.717) is 29.1 Å². The first-order chi connectivity index (χ1) is 15.6. The van der Waals surface area contributed by atoms with Gasteiger partial charge in [-0.2, -0.15) is 0 Å². The maximum absolute atomic E-state index is 13.6.